The molecule has 0 unspecified atom stereocenters. The number of benzene rings is 1. The van der Waals surface area contributed by atoms with Gasteiger partial charge in [0, 0.05) is 12.8 Å². The van der Waals surface area contributed by atoms with Crippen molar-refractivity contribution in [3.63, 3.8) is 0 Å². The molecule has 0 radical (unpaired) electrons. The van der Waals surface area contributed by atoms with Gasteiger partial charge in [0.25, 0.3) is 0 Å². The molecule has 0 N–H and O–H groups in total. The second-order valence-corrected chi connectivity index (χ2v) is 5.53. The Kier molecular flexibility index (Phi) is 3.72. The van der Waals surface area contributed by atoms with Gasteiger partial charge in [0.05, 0.1) is 18.6 Å². The number of imidazole rings is 1. The first-order valence-corrected chi connectivity index (χ1v) is 7.39. The quantitative estimate of drug-likeness (QED) is 0.642. The summed E-state index contributed by atoms with van der Waals surface area (Å²) in [5.41, 5.74) is 1.00. The first kappa shape index (κ1) is 14.4. The van der Waals surface area contributed by atoms with E-state index in [1.54, 1.807) is 19.4 Å². The van der Waals surface area contributed by atoms with Gasteiger partial charge < -0.3 is 9.30 Å². The molecular weight excluding hydrogens is 276 g/mol. The molecule has 3 rings (SSSR count). The van der Waals surface area contributed by atoms with Crippen molar-refractivity contribution in [2.45, 2.75) is 38.3 Å². The summed E-state index contributed by atoms with van der Waals surface area (Å²) in [6.07, 6.45) is 4.83. The second-order valence-electron chi connectivity index (χ2n) is 5.53. The fourth-order valence-corrected chi connectivity index (χ4v) is 2.49. The lowest BCUT2D eigenvalue weighted by Crippen LogP contribution is -2.21. The first-order chi connectivity index (χ1) is 10.7. The largest absolute Gasteiger partial charge is 0.441 e. The molecule has 0 aliphatic heterocycles. The number of carbonyl (C=O) groups is 1. The van der Waals surface area contributed by atoms with Gasteiger partial charge in [0.1, 0.15) is 5.69 Å². The number of carbonyl (C=O) groups excluding carboxylic acids is 1. The lowest BCUT2D eigenvalue weighted by Gasteiger charge is -2.17. The SMILES string of the molecule is CC#CC1(OC(=O)c2cncn2[C@H](C)c2ccccc2)CC1. The fraction of sp³-hybridized carbons (Fsp3) is 0.333. The highest BCUT2D eigenvalue weighted by atomic mass is 16.6. The third-order valence-electron chi connectivity index (χ3n) is 3.92. The molecule has 1 aliphatic carbocycles. The minimum atomic E-state index is -0.573. The average Bonchev–Trinajstić information content (AvgIpc) is 3.11. The second kappa shape index (κ2) is 5.69. The van der Waals surface area contributed by atoms with Crippen molar-refractivity contribution in [3.05, 3.63) is 54.1 Å². The van der Waals surface area contributed by atoms with Crippen molar-refractivity contribution in [2.24, 2.45) is 0 Å². The Morgan fingerprint density at radius 2 is 2.09 bits per heavy atom. The van der Waals surface area contributed by atoms with E-state index >= 15 is 0 Å². The number of aromatic nitrogens is 2. The molecule has 112 valence electrons. The Morgan fingerprint density at radius 3 is 2.73 bits per heavy atom. The third kappa shape index (κ3) is 2.75. The molecule has 4 heteroatoms. The Hall–Kier alpha value is -2.54. The molecule has 4 nitrogen and oxygen atoms in total. The van der Waals surface area contributed by atoms with E-state index < -0.39 is 5.60 Å². The van der Waals surface area contributed by atoms with Crippen molar-refractivity contribution < 1.29 is 9.53 Å². The van der Waals surface area contributed by atoms with Gasteiger partial charge in [-0.1, -0.05) is 36.3 Å². The maximum absolute atomic E-state index is 12.4. The van der Waals surface area contributed by atoms with Crippen molar-refractivity contribution >= 4 is 5.97 Å². The normalized spacial score (nSPS) is 16.3. The van der Waals surface area contributed by atoms with E-state index in [-0.39, 0.29) is 12.0 Å². The number of esters is 1. The minimum absolute atomic E-state index is 0.0127. The Morgan fingerprint density at radius 1 is 1.36 bits per heavy atom. The number of rotatable bonds is 4. The fourth-order valence-electron chi connectivity index (χ4n) is 2.49. The average molecular weight is 294 g/mol. The summed E-state index contributed by atoms with van der Waals surface area (Å²) in [6, 6.07) is 10.0. The summed E-state index contributed by atoms with van der Waals surface area (Å²) in [7, 11) is 0. The van der Waals surface area contributed by atoms with Crippen LogP contribution in [0.3, 0.4) is 0 Å². The lowest BCUT2D eigenvalue weighted by molar-refractivity contribution is 0.0347. The van der Waals surface area contributed by atoms with Crippen molar-refractivity contribution in [3.8, 4) is 11.8 Å². The molecule has 1 aliphatic rings. The maximum Gasteiger partial charge on any atom is 0.358 e. The molecule has 1 heterocycles. The van der Waals surface area contributed by atoms with Crippen LogP contribution < -0.4 is 0 Å². The maximum atomic E-state index is 12.4. The van der Waals surface area contributed by atoms with Gasteiger partial charge >= 0.3 is 5.97 Å². The van der Waals surface area contributed by atoms with Crippen LogP contribution >= 0.6 is 0 Å². The topological polar surface area (TPSA) is 44.1 Å². The zero-order valence-electron chi connectivity index (χ0n) is 12.7. The zero-order valence-corrected chi connectivity index (χ0v) is 12.7. The van der Waals surface area contributed by atoms with Gasteiger partial charge in [-0.2, -0.15) is 0 Å². The smallest absolute Gasteiger partial charge is 0.358 e. The van der Waals surface area contributed by atoms with Crippen molar-refractivity contribution in [2.75, 3.05) is 0 Å². The molecule has 22 heavy (non-hydrogen) atoms. The zero-order chi connectivity index (χ0) is 15.6. The van der Waals surface area contributed by atoms with E-state index in [4.69, 9.17) is 4.74 Å². The van der Waals surface area contributed by atoms with Crippen LogP contribution in [-0.4, -0.2) is 21.1 Å². The van der Waals surface area contributed by atoms with E-state index in [0.29, 0.717) is 5.69 Å². The predicted octanol–water partition coefficient (Wildman–Crippen LogP) is 3.21. The van der Waals surface area contributed by atoms with E-state index in [1.165, 1.54) is 0 Å². The highest BCUT2D eigenvalue weighted by molar-refractivity contribution is 5.88. The molecule has 0 spiro atoms. The molecule has 0 amide bonds. The first-order valence-electron chi connectivity index (χ1n) is 7.39. The molecule has 1 fully saturated rings. The lowest BCUT2D eigenvalue weighted by atomic mass is 10.1. The van der Waals surface area contributed by atoms with Gasteiger partial charge in [0.2, 0.25) is 0 Å². The van der Waals surface area contributed by atoms with E-state index in [1.807, 2.05) is 41.8 Å². The van der Waals surface area contributed by atoms with Gasteiger partial charge in [-0.15, -0.1) is 5.92 Å². The van der Waals surface area contributed by atoms with Crippen LogP contribution in [0, 0.1) is 11.8 Å². The third-order valence-corrected chi connectivity index (χ3v) is 3.92. The molecule has 1 saturated carbocycles. The van der Waals surface area contributed by atoms with E-state index in [2.05, 4.69) is 16.8 Å². The van der Waals surface area contributed by atoms with Gasteiger partial charge in [-0.05, 0) is 19.4 Å². The van der Waals surface area contributed by atoms with Crippen LogP contribution in [0.4, 0.5) is 0 Å². The molecule has 0 saturated heterocycles. The van der Waals surface area contributed by atoms with Crippen LogP contribution in [-0.2, 0) is 4.74 Å². The predicted molar refractivity (Wildman–Crippen MR) is 83.3 cm³/mol. The molecule has 1 atom stereocenters. The van der Waals surface area contributed by atoms with Crippen LogP contribution in [0.5, 0.6) is 0 Å². The summed E-state index contributed by atoms with van der Waals surface area (Å²) in [6.45, 7) is 3.79. The summed E-state index contributed by atoms with van der Waals surface area (Å²) in [4.78, 5) is 16.6. The van der Waals surface area contributed by atoms with Crippen molar-refractivity contribution in [1.29, 1.82) is 0 Å². The summed E-state index contributed by atoms with van der Waals surface area (Å²) in [5, 5.41) is 0. The number of hydrogen-bond donors (Lipinski definition) is 0. The van der Waals surface area contributed by atoms with Gasteiger partial charge in [-0.25, -0.2) is 9.78 Å². The highest BCUT2D eigenvalue weighted by Crippen LogP contribution is 2.39. The van der Waals surface area contributed by atoms with Crippen molar-refractivity contribution in [1.82, 2.24) is 9.55 Å². The molecule has 1 aromatic carbocycles. The molecule has 0 bridgehead atoms. The summed E-state index contributed by atoms with van der Waals surface area (Å²) < 4.78 is 7.43. The van der Waals surface area contributed by atoms with E-state index in [9.17, 15) is 4.79 Å². The van der Waals surface area contributed by atoms with Gasteiger partial charge in [-0.3, -0.25) is 0 Å². The number of ether oxygens (including phenoxy) is 1. The Bertz CT molecular complexity index is 733. The van der Waals surface area contributed by atoms with Gasteiger partial charge in [0.15, 0.2) is 5.60 Å². The van der Waals surface area contributed by atoms with Crippen LogP contribution in [0.2, 0.25) is 0 Å². The summed E-state index contributed by atoms with van der Waals surface area (Å²) >= 11 is 0. The summed E-state index contributed by atoms with van der Waals surface area (Å²) in [5.74, 6) is 5.46. The molecule has 2 aromatic rings. The van der Waals surface area contributed by atoms with Crippen LogP contribution in [0.15, 0.2) is 42.9 Å². The van der Waals surface area contributed by atoms with E-state index in [0.717, 1.165) is 18.4 Å². The Balaban J connectivity index is 1.83. The monoisotopic (exact) mass is 294 g/mol. The minimum Gasteiger partial charge on any atom is -0.441 e. The van der Waals surface area contributed by atoms with Crippen LogP contribution in [0.25, 0.3) is 0 Å². The molecule has 1 aromatic heterocycles. The van der Waals surface area contributed by atoms with Crippen LogP contribution in [0.1, 0.15) is 48.8 Å². The Labute approximate surface area is 130 Å². The molecular formula is C18H18N2O2. The highest BCUT2D eigenvalue weighted by Gasteiger charge is 2.46. The standard InChI is InChI=1S/C18H18N2O2/c1-3-9-18(10-11-18)22-17(21)16-12-19-13-20(16)14(2)15-7-5-4-6-8-15/h4-8,12-14H,10-11H2,1-2H3/t14-/m1/s1. The number of hydrogen-bond acceptors (Lipinski definition) is 3. The number of nitrogens with zero attached hydrogens (tertiary/aromatic N) is 2.